The highest BCUT2D eigenvalue weighted by Gasteiger charge is 2.29. The minimum atomic E-state index is 0.661. The van der Waals surface area contributed by atoms with Gasteiger partial charge in [0.2, 0.25) is 0 Å². The van der Waals surface area contributed by atoms with Crippen molar-refractivity contribution < 1.29 is 0 Å². The molecule has 0 aliphatic carbocycles. The van der Waals surface area contributed by atoms with E-state index < -0.39 is 0 Å². The van der Waals surface area contributed by atoms with Crippen molar-refractivity contribution in [3.63, 3.8) is 0 Å². The van der Waals surface area contributed by atoms with Crippen LogP contribution < -0.4 is 11.2 Å². The summed E-state index contributed by atoms with van der Waals surface area (Å²) in [5, 5.41) is 5.53. The molecule has 3 nitrogen and oxygen atoms in total. The number of hydrogen-bond acceptors (Lipinski definition) is 3. The summed E-state index contributed by atoms with van der Waals surface area (Å²) in [6.45, 7) is 3.43. The van der Waals surface area contributed by atoms with Gasteiger partial charge in [0.25, 0.3) is 0 Å². The summed E-state index contributed by atoms with van der Waals surface area (Å²) >= 11 is 0. The summed E-state index contributed by atoms with van der Waals surface area (Å²) in [4.78, 5) is 0. The average molecular weight is 169 g/mol. The quantitative estimate of drug-likeness (QED) is 0.513. The molecule has 0 aromatic heterocycles. The first-order valence-electron chi connectivity index (χ1n) is 5.10. The third-order valence-corrected chi connectivity index (χ3v) is 3.23. The molecule has 2 heterocycles. The number of nitrogens with one attached hydrogen (secondary N) is 1. The summed E-state index contributed by atoms with van der Waals surface area (Å²) in [7, 11) is 0. The van der Waals surface area contributed by atoms with Crippen LogP contribution in [0.4, 0.5) is 0 Å². The van der Waals surface area contributed by atoms with E-state index in [4.69, 9.17) is 5.84 Å². The largest absolute Gasteiger partial charge is 0.316 e. The molecule has 3 heteroatoms. The van der Waals surface area contributed by atoms with Crippen molar-refractivity contribution in [3.05, 3.63) is 0 Å². The molecule has 0 radical (unpaired) electrons. The predicted molar refractivity (Wildman–Crippen MR) is 49.5 cm³/mol. The van der Waals surface area contributed by atoms with Crippen LogP contribution in [0.1, 0.15) is 25.7 Å². The average Bonchev–Trinajstić information content (AvgIpc) is 2.29. The van der Waals surface area contributed by atoms with Gasteiger partial charge in [0.15, 0.2) is 0 Å². The van der Waals surface area contributed by atoms with E-state index in [1.807, 2.05) is 0 Å². The molecule has 2 aliphatic rings. The van der Waals surface area contributed by atoms with Gasteiger partial charge < -0.3 is 5.32 Å². The zero-order valence-electron chi connectivity index (χ0n) is 7.63. The molecular weight excluding hydrogens is 150 g/mol. The summed E-state index contributed by atoms with van der Waals surface area (Å²) < 4.78 is 0. The van der Waals surface area contributed by atoms with E-state index in [2.05, 4.69) is 10.3 Å². The number of hydrogen-bond donors (Lipinski definition) is 2. The lowest BCUT2D eigenvalue weighted by Crippen LogP contribution is -2.51. The van der Waals surface area contributed by atoms with Crippen molar-refractivity contribution in [2.75, 3.05) is 19.6 Å². The van der Waals surface area contributed by atoms with Gasteiger partial charge in [-0.15, -0.1) is 0 Å². The molecule has 0 amide bonds. The zero-order chi connectivity index (χ0) is 8.39. The first kappa shape index (κ1) is 8.48. The molecular formula is C9H19N3. The maximum atomic E-state index is 5.99. The van der Waals surface area contributed by atoms with Crippen LogP contribution in [0.3, 0.4) is 0 Å². The second-order valence-electron chi connectivity index (χ2n) is 4.05. The third kappa shape index (κ3) is 1.63. The van der Waals surface area contributed by atoms with Gasteiger partial charge in [0.05, 0.1) is 0 Å². The van der Waals surface area contributed by atoms with Gasteiger partial charge in [-0.25, -0.2) is 5.01 Å². The minimum absolute atomic E-state index is 0.661. The van der Waals surface area contributed by atoms with Crippen molar-refractivity contribution in [1.29, 1.82) is 0 Å². The van der Waals surface area contributed by atoms with Gasteiger partial charge in [0.1, 0.15) is 0 Å². The molecule has 2 fully saturated rings. The highest BCUT2D eigenvalue weighted by molar-refractivity contribution is 4.85. The Morgan fingerprint density at radius 3 is 3.08 bits per heavy atom. The van der Waals surface area contributed by atoms with Gasteiger partial charge in [-0.05, 0) is 38.3 Å². The van der Waals surface area contributed by atoms with Crippen LogP contribution >= 0.6 is 0 Å². The van der Waals surface area contributed by atoms with E-state index in [0.29, 0.717) is 6.04 Å². The summed E-state index contributed by atoms with van der Waals surface area (Å²) in [6.07, 6.45) is 5.24. The fourth-order valence-electron chi connectivity index (χ4n) is 2.51. The van der Waals surface area contributed by atoms with Gasteiger partial charge in [-0.3, -0.25) is 5.84 Å². The lowest BCUT2D eigenvalue weighted by Gasteiger charge is -2.35. The van der Waals surface area contributed by atoms with E-state index in [-0.39, 0.29) is 0 Å². The Labute approximate surface area is 74.3 Å². The van der Waals surface area contributed by atoms with Crippen molar-refractivity contribution in [1.82, 2.24) is 10.3 Å². The monoisotopic (exact) mass is 169 g/mol. The van der Waals surface area contributed by atoms with E-state index in [1.54, 1.807) is 0 Å². The van der Waals surface area contributed by atoms with Crippen LogP contribution in [-0.2, 0) is 0 Å². The van der Waals surface area contributed by atoms with Crippen LogP contribution in [0.5, 0.6) is 0 Å². The number of nitrogens with two attached hydrogens (primary N) is 1. The van der Waals surface area contributed by atoms with Crippen LogP contribution in [0.15, 0.2) is 0 Å². The third-order valence-electron chi connectivity index (χ3n) is 3.23. The normalized spacial score (nSPS) is 38.8. The second-order valence-corrected chi connectivity index (χ2v) is 4.05. The van der Waals surface area contributed by atoms with Crippen molar-refractivity contribution >= 4 is 0 Å². The molecule has 70 valence electrons. The van der Waals surface area contributed by atoms with E-state index in [9.17, 15) is 0 Å². The first-order valence-corrected chi connectivity index (χ1v) is 5.10. The zero-order valence-corrected chi connectivity index (χ0v) is 7.63. The molecule has 0 saturated carbocycles. The Morgan fingerprint density at radius 1 is 1.25 bits per heavy atom. The Morgan fingerprint density at radius 2 is 2.17 bits per heavy atom. The van der Waals surface area contributed by atoms with Gasteiger partial charge in [-0.1, -0.05) is 6.42 Å². The first-order chi connectivity index (χ1) is 5.88. The molecule has 12 heavy (non-hydrogen) atoms. The second kappa shape index (κ2) is 3.73. The molecule has 3 N–H and O–H groups in total. The Balaban J connectivity index is 2.01. The summed E-state index contributed by atoms with van der Waals surface area (Å²) in [5.74, 6) is 6.81. The number of nitrogens with zero attached hydrogens (tertiary/aromatic N) is 1. The summed E-state index contributed by atoms with van der Waals surface area (Å²) in [5.41, 5.74) is 0. The van der Waals surface area contributed by atoms with Gasteiger partial charge >= 0.3 is 0 Å². The topological polar surface area (TPSA) is 41.3 Å². The molecule has 0 spiro atoms. The lowest BCUT2D eigenvalue weighted by atomic mass is 9.90. The molecule has 2 rings (SSSR count). The molecule has 0 aromatic rings. The Bertz CT molecular complexity index is 149. The molecule has 0 aromatic carbocycles. The smallest absolute Gasteiger partial charge is 0.0293 e. The van der Waals surface area contributed by atoms with Crippen LogP contribution in [-0.4, -0.2) is 30.7 Å². The van der Waals surface area contributed by atoms with Gasteiger partial charge in [-0.2, -0.15) is 0 Å². The fourth-order valence-corrected chi connectivity index (χ4v) is 2.51. The molecule has 2 atom stereocenters. The van der Waals surface area contributed by atoms with Crippen LogP contribution in [0.25, 0.3) is 0 Å². The SMILES string of the molecule is NN1CCCCC2CNCCC21. The van der Waals surface area contributed by atoms with E-state index >= 15 is 0 Å². The Hall–Kier alpha value is -0.120. The maximum Gasteiger partial charge on any atom is 0.0293 e. The van der Waals surface area contributed by atoms with Gasteiger partial charge in [0, 0.05) is 12.6 Å². The van der Waals surface area contributed by atoms with Crippen molar-refractivity contribution in [2.24, 2.45) is 11.8 Å². The Kier molecular flexibility index (Phi) is 2.63. The lowest BCUT2D eigenvalue weighted by molar-refractivity contribution is 0.126. The van der Waals surface area contributed by atoms with E-state index in [1.165, 1.54) is 32.2 Å². The highest BCUT2D eigenvalue weighted by Crippen LogP contribution is 2.24. The van der Waals surface area contributed by atoms with Crippen LogP contribution in [0, 0.1) is 5.92 Å². The van der Waals surface area contributed by atoms with Crippen molar-refractivity contribution in [3.8, 4) is 0 Å². The minimum Gasteiger partial charge on any atom is -0.316 e. The highest BCUT2D eigenvalue weighted by atomic mass is 15.4. The molecule has 2 saturated heterocycles. The number of piperidine rings is 1. The molecule has 2 aliphatic heterocycles. The predicted octanol–water partition coefficient (Wildman–Crippen LogP) is 0.324. The van der Waals surface area contributed by atoms with E-state index in [0.717, 1.165) is 19.0 Å². The number of fused-ring (bicyclic) bond motifs is 1. The fraction of sp³-hybridized carbons (Fsp3) is 1.00. The standard InChI is InChI=1S/C9H19N3/c10-12-6-2-1-3-8-7-11-5-4-9(8)12/h8-9,11H,1-7,10H2. The summed E-state index contributed by atoms with van der Waals surface area (Å²) in [6, 6.07) is 0.661. The van der Waals surface area contributed by atoms with Crippen LogP contribution in [0.2, 0.25) is 0 Å². The maximum absolute atomic E-state index is 5.99. The molecule has 0 bridgehead atoms. The molecule has 2 unspecified atom stereocenters. The number of hydrazine groups is 1. The van der Waals surface area contributed by atoms with Crippen molar-refractivity contribution in [2.45, 2.75) is 31.7 Å². The number of rotatable bonds is 0.